The number of aliphatic hydroxyl groups excluding tert-OH is 2. The van der Waals surface area contributed by atoms with E-state index in [4.69, 9.17) is 9.66 Å². The highest BCUT2D eigenvalue weighted by atomic mass is 32.3. The van der Waals surface area contributed by atoms with Gasteiger partial charge in [0.15, 0.2) is 0 Å². The third-order valence-corrected chi connectivity index (χ3v) is 2.53. The number of carboxylic acid groups (broad SMARTS) is 1. The van der Waals surface area contributed by atoms with Gasteiger partial charge in [-0.2, -0.15) is 8.42 Å². The molecule has 0 aliphatic heterocycles. The smallest absolute Gasteiger partial charge is 0.397 e. The molecule has 8 nitrogen and oxygen atoms in total. The molecule has 92 valence electrons. The van der Waals surface area contributed by atoms with Gasteiger partial charge >= 0.3 is 16.4 Å². The first-order valence-corrected chi connectivity index (χ1v) is 5.53. The normalized spacial score (nSPS) is 30.9. The Bertz CT molecular complexity index is 410. The predicted molar refractivity (Wildman–Crippen MR) is 48.8 cm³/mol. The van der Waals surface area contributed by atoms with Crippen molar-refractivity contribution in [3.63, 3.8) is 0 Å². The molecule has 0 amide bonds. The Morgan fingerprint density at radius 1 is 1.44 bits per heavy atom. The van der Waals surface area contributed by atoms with Gasteiger partial charge in [0.25, 0.3) is 0 Å². The average Bonchev–Trinajstić information content (AvgIpc) is 2.10. The third-order valence-electron chi connectivity index (χ3n) is 2.04. The Labute approximate surface area is 90.7 Å². The maximum absolute atomic E-state index is 10.6. The zero-order valence-electron chi connectivity index (χ0n) is 7.85. The summed E-state index contributed by atoms with van der Waals surface area (Å²) in [6.07, 6.45) is -4.26. The van der Waals surface area contributed by atoms with E-state index in [1.807, 2.05) is 0 Å². The lowest BCUT2D eigenvalue weighted by molar-refractivity contribution is -0.134. The second-order valence-corrected chi connectivity index (χ2v) is 4.29. The zero-order valence-corrected chi connectivity index (χ0v) is 8.66. The first-order chi connectivity index (χ1) is 7.20. The maximum atomic E-state index is 10.6. The highest BCUT2D eigenvalue weighted by Crippen LogP contribution is 2.23. The van der Waals surface area contributed by atoms with E-state index in [1.165, 1.54) is 0 Å². The molecule has 4 N–H and O–H groups in total. The van der Waals surface area contributed by atoms with Gasteiger partial charge in [-0.3, -0.25) is 4.55 Å². The van der Waals surface area contributed by atoms with Crippen molar-refractivity contribution in [1.82, 2.24) is 0 Å². The molecule has 0 bridgehead atoms. The zero-order chi connectivity index (χ0) is 12.5. The Morgan fingerprint density at radius 2 is 2.00 bits per heavy atom. The lowest BCUT2D eigenvalue weighted by atomic mass is 9.92. The molecule has 16 heavy (non-hydrogen) atoms. The van der Waals surface area contributed by atoms with Crippen molar-refractivity contribution >= 4 is 16.4 Å². The van der Waals surface area contributed by atoms with E-state index in [0.717, 1.165) is 6.08 Å². The van der Waals surface area contributed by atoms with Crippen molar-refractivity contribution in [1.29, 1.82) is 0 Å². The van der Waals surface area contributed by atoms with Gasteiger partial charge in [0.1, 0.15) is 18.3 Å². The molecule has 1 aliphatic carbocycles. The highest BCUT2D eigenvalue weighted by Gasteiger charge is 2.36. The van der Waals surface area contributed by atoms with Crippen molar-refractivity contribution in [3.8, 4) is 0 Å². The van der Waals surface area contributed by atoms with Crippen LogP contribution in [0.15, 0.2) is 11.6 Å². The molecule has 0 fully saturated rings. The summed E-state index contributed by atoms with van der Waals surface area (Å²) in [5.74, 6) is -1.37. The minimum absolute atomic E-state index is 0.300. The molecule has 0 heterocycles. The van der Waals surface area contributed by atoms with E-state index < -0.39 is 41.1 Å². The summed E-state index contributed by atoms with van der Waals surface area (Å²) >= 11 is 0. The number of aliphatic carboxylic acids is 1. The van der Waals surface area contributed by atoms with Crippen LogP contribution in [0, 0.1) is 0 Å². The van der Waals surface area contributed by atoms with Crippen LogP contribution in [0.2, 0.25) is 0 Å². The Hall–Kier alpha value is -1.00. The summed E-state index contributed by atoms with van der Waals surface area (Å²) in [6, 6.07) is 0. The van der Waals surface area contributed by atoms with Crippen LogP contribution in [0.5, 0.6) is 0 Å². The van der Waals surface area contributed by atoms with Gasteiger partial charge in [-0.15, -0.1) is 0 Å². The van der Waals surface area contributed by atoms with Crippen LogP contribution in [0.3, 0.4) is 0 Å². The van der Waals surface area contributed by atoms with Crippen LogP contribution < -0.4 is 0 Å². The van der Waals surface area contributed by atoms with Crippen molar-refractivity contribution in [2.24, 2.45) is 0 Å². The van der Waals surface area contributed by atoms with Crippen molar-refractivity contribution in [2.45, 2.75) is 24.7 Å². The minimum atomic E-state index is -4.82. The molecular weight excluding hydrogens is 244 g/mol. The summed E-state index contributed by atoms with van der Waals surface area (Å²) in [7, 11) is -4.82. The second-order valence-electron chi connectivity index (χ2n) is 3.24. The summed E-state index contributed by atoms with van der Waals surface area (Å²) in [4.78, 5) is 10.6. The van der Waals surface area contributed by atoms with E-state index in [9.17, 15) is 23.4 Å². The topological polar surface area (TPSA) is 141 Å². The number of hydrogen-bond acceptors (Lipinski definition) is 6. The Morgan fingerprint density at radius 3 is 2.44 bits per heavy atom. The molecule has 0 radical (unpaired) electrons. The molecule has 3 unspecified atom stereocenters. The molecule has 1 aliphatic rings. The van der Waals surface area contributed by atoms with Crippen molar-refractivity contribution in [3.05, 3.63) is 11.6 Å². The van der Waals surface area contributed by atoms with Crippen molar-refractivity contribution in [2.75, 3.05) is 0 Å². The molecule has 0 saturated carbocycles. The maximum Gasteiger partial charge on any atom is 0.397 e. The van der Waals surface area contributed by atoms with Gasteiger partial charge in [0.2, 0.25) is 0 Å². The van der Waals surface area contributed by atoms with E-state index >= 15 is 0 Å². The van der Waals surface area contributed by atoms with Gasteiger partial charge in [-0.25, -0.2) is 8.98 Å². The lowest BCUT2D eigenvalue weighted by Crippen LogP contribution is -2.43. The molecule has 0 spiro atoms. The Kier molecular flexibility index (Phi) is 3.65. The monoisotopic (exact) mass is 254 g/mol. The van der Waals surface area contributed by atoms with Crippen LogP contribution in [-0.2, 0) is 19.4 Å². The highest BCUT2D eigenvalue weighted by molar-refractivity contribution is 7.80. The standard InChI is InChI=1S/C7H10O8S/c8-4-1-3(7(10)11)2-5(6(4)9)15-16(12,13)14/h1,4-6,8-9H,2H2,(H,10,11)(H,12,13,14). The second kappa shape index (κ2) is 4.47. The van der Waals surface area contributed by atoms with Crippen LogP contribution in [-0.4, -0.2) is 52.6 Å². The van der Waals surface area contributed by atoms with Crippen LogP contribution >= 0.6 is 0 Å². The van der Waals surface area contributed by atoms with E-state index in [2.05, 4.69) is 4.18 Å². The third kappa shape index (κ3) is 3.25. The van der Waals surface area contributed by atoms with Crippen LogP contribution in [0.4, 0.5) is 0 Å². The largest absolute Gasteiger partial charge is 0.478 e. The first-order valence-electron chi connectivity index (χ1n) is 4.16. The molecule has 3 atom stereocenters. The Balaban J connectivity index is 2.89. The fourth-order valence-corrected chi connectivity index (χ4v) is 1.83. The first kappa shape index (κ1) is 13.1. The van der Waals surface area contributed by atoms with Crippen molar-refractivity contribution < 1.29 is 37.3 Å². The fourth-order valence-electron chi connectivity index (χ4n) is 1.34. The minimum Gasteiger partial charge on any atom is -0.478 e. The quantitative estimate of drug-likeness (QED) is 0.437. The number of hydrogen-bond donors (Lipinski definition) is 4. The lowest BCUT2D eigenvalue weighted by Gasteiger charge is -2.28. The number of aliphatic hydroxyl groups is 2. The van der Waals surface area contributed by atoms with Gasteiger partial charge in [-0.1, -0.05) is 0 Å². The SMILES string of the molecule is O=C(O)C1=CC(O)C(O)C(OS(=O)(=O)O)C1. The summed E-state index contributed by atoms with van der Waals surface area (Å²) in [5.41, 5.74) is -0.300. The fraction of sp³-hybridized carbons (Fsp3) is 0.571. The molecule has 0 aromatic rings. The number of carboxylic acids is 1. The van der Waals surface area contributed by atoms with Crippen LogP contribution in [0.1, 0.15) is 6.42 Å². The molecule has 9 heteroatoms. The number of rotatable bonds is 3. The van der Waals surface area contributed by atoms with Gasteiger partial charge in [0, 0.05) is 12.0 Å². The van der Waals surface area contributed by atoms with Gasteiger partial charge in [0.05, 0.1) is 0 Å². The molecule has 0 saturated heterocycles. The van der Waals surface area contributed by atoms with E-state index in [1.54, 1.807) is 0 Å². The number of carbonyl (C=O) groups is 1. The molecule has 0 aromatic carbocycles. The predicted octanol–water partition coefficient (Wildman–Crippen LogP) is -1.69. The molecule has 0 aromatic heterocycles. The molecular formula is C7H10O8S. The average molecular weight is 254 g/mol. The summed E-state index contributed by atoms with van der Waals surface area (Å²) in [6.45, 7) is 0. The summed E-state index contributed by atoms with van der Waals surface area (Å²) < 4.78 is 33.2. The van der Waals surface area contributed by atoms with E-state index in [0.29, 0.717) is 0 Å². The van der Waals surface area contributed by atoms with Gasteiger partial charge in [-0.05, 0) is 6.08 Å². The van der Waals surface area contributed by atoms with E-state index in [-0.39, 0.29) is 5.57 Å². The van der Waals surface area contributed by atoms with Gasteiger partial charge < -0.3 is 15.3 Å². The summed E-state index contributed by atoms with van der Waals surface area (Å²) in [5, 5.41) is 27.2. The van der Waals surface area contributed by atoms with Crippen LogP contribution in [0.25, 0.3) is 0 Å². The molecule has 1 rings (SSSR count).